The van der Waals surface area contributed by atoms with Crippen LogP contribution in [-0.2, 0) is 11.3 Å². The molecule has 2 aliphatic heterocycles. The van der Waals surface area contributed by atoms with Gasteiger partial charge in [0, 0.05) is 50.7 Å². The predicted octanol–water partition coefficient (Wildman–Crippen LogP) is 2.30. The van der Waals surface area contributed by atoms with Gasteiger partial charge in [-0.2, -0.15) is 0 Å². The lowest BCUT2D eigenvalue weighted by Crippen LogP contribution is -2.40. The molecule has 6 nitrogen and oxygen atoms in total. The minimum Gasteiger partial charge on any atom is -0.496 e. The van der Waals surface area contributed by atoms with Crippen molar-refractivity contribution in [1.82, 2.24) is 9.80 Å². The molecule has 2 heterocycles. The van der Waals surface area contributed by atoms with Crippen LogP contribution < -0.4 is 14.2 Å². The van der Waals surface area contributed by atoms with Crippen molar-refractivity contribution >= 4 is 5.91 Å². The molecule has 1 aromatic carbocycles. The Bertz CT molecular complexity index is 605. The van der Waals surface area contributed by atoms with E-state index < -0.39 is 0 Å². The van der Waals surface area contributed by atoms with Crippen LogP contribution >= 0.6 is 0 Å². The maximum atomic E-state index is 11.9. The van der Waals surface area contributed by atoms with E-state index in [0.717, 1.165) is 68.3 Å². The number of likely N-dealkylation sites (N-methyl/N-ethyl adjacent to an activating group) is 1. The molecule has 25 heavy (non-hydrogen) atoms. The molecule has 1 amide bonds. The van der Waals surface area contributed by atoms with Crippen molar-refractivity contribution in [2.75, 3.05) is 47.0 Å². The third-order valence-electron chi connectivity index (χ3n) is 4.76. The number of likely N-dealkylation sites (tertiary alicyclic amines) is 1. The van der Waals surface area contributed by atoms with E-state index in [2.05, 4.69) is 11.9 Å². The molecule has 3 rings (SSSR count). The Labute approximate surface area is 149 Å². The molecule has 1 aromatic rings. The summed E-state index contributed by atoms with van der Waals surface area (Å²) < 4.78 is 17.1. The van der Waals surface area contributed by atoms with E-state index in [1.54, 1.807) is 7.11 Å². The lowest BCUT2D eigenvalue weighted by Gasteiger charge is -2.29. The summed E-state index contributed by atoms with van der Waals surface area (Å²) in [5, 5.41) is 0. The number of hydrogen-bond donors (Lipinski definition) is 0. The molecule has 0 atom stereocenters. The number of ether oxygens (including phenoxy) is 3. The number of nitrogens with zero attached hydrogens (tertiary/aromatic N) is 2. The Morgan fingerprint density at radius 1 is 1.16 bits per heavy atom. The molecule has 0 aliphatic carbocycles. The first-order valence-corrected chi connectivity index (χ1v) is 9.10. The van der Waals surface area contributed by atoms with Crippen molar-refractivity contribution in [3.05, 3.63) is 17.7 Å². The first-order chi connectivity index (χ1) is 12.2. The van der Waals surface area contributed by atoms with E-state index in [1.165, 1.54) is 0 Å². The second-order valence-electron chi connectivity index (χ2n) is 6.74. The Balaban J connectivity index is 1.62. The average Bonchev–Trinajstić information content (AvgIpc) is 2.85. The zero-order valence-electron chi connectivity index (χ0n) is 15.3. The Morgan fingerprint density at radius 2 is 1.92 bits per heavy atom. The second-order valence-corrected chi connectivity index (χ2v) is 6.74. The SMILES string of the molecule is COc1cc2c(cc1CN(C)CCN1CCCCC1=O)OCCCO2. The van der Waals surface area contributed by atoms with Crippen LogP contribution in [0.1, 0.15) is 31.2 Å². The first-order valence-electron chi connectivity index (χ1n) is 9.10. The lowest BCUT2D eigenvalue weighted by atomic mass is 10.1. The zero-order chi connectivity index (χ0) is 17.6. The van der Waals surface area contributed by atoms with E-state index in [4.69, 9.17) is 14.2 Å². The molecule has 0 radical (unpaired) electrons. The van der Waals surface area contributed by atoms with E-state index >= 15 is 0 Å². The molecular formula is C19H28N2O4. The fourth-order valence-corrected chi connectivity index (χ4v) is 3.31. The second kappa shape index (κ2) is 8.43. The average molecular weight is 348 g/mol. The van der Waals surface area contributed by atoms with Gasteiger partial charge in [-0.05, 0) is 26.0 Å². The normalized spacial score (nSPS) is 17.6. The molecule has 0 aromatic heterocycles. The topological polar surface area (TPSA) is 51.2 Å². The van der Waals surface area contributed by atoms with Gasteiger partial charge in [-0.1, -0.05) is 0 Å². The number of carbonyl (C=O) groups is 1. The van der Waals surface area contributed by atoms with E-state index in [9.17, 15) is 4.79 Å². The maximum absolute atomic E-state index is 11.9. The monoisotopic (exact) mass is 348 g/mol. The van der Waals surface area contributed by atoms with Gasteiger partial charge in [-0.3, -0.25) is 4.79 Å². The van der Waals surface area contributed by atoms with Gasteiger partial charge >= 0.3 is 0 Å². The summed E-state index contributed by atoms with van der Waals surface area (Å²) in [4.78, 5) is 16.1. The molecule has 138 valence electrons. The van der Waals surface area contributed by atoms with Gasteiger partial charge in [0.2, 0.25) is 5.91 Å². The minimum absolute atomic E-state index is 0.285. The summed E-state index contributed by atoms with van der Waals surface area (Å²) in [5.41, 5.74) is 1.07. The highest BCUT2D eigenvalue weighted by Crippen LogP contribution is 2.36. The van der Waals surface area contributed by atoms with Crippen LogP contribution in [0.3, 0.4) is 0 Å². The van der Waals surface area contributed by atoms with Gasteiger partial charge in [-0.25, -0.2) is 0 Å². The smallest absolute Gasteiger partial charge is 0.222 e. The largest absolute Gasteiger partial charge is 0.496 e. The van der Waals surface area contributed by atoms with Crippen LogP contribution in [0.5, 0.6) is 17.2 Å². The van der Waals surface area contributed by atoms with Crippen molar-refractivity contribution in [3.63, 3.8) is 0 Å². The van der Waals surface area contributed by atoms with Crippen LogP contribution in [0, 0.1) is 0 Å². The fraction of sp³-hybridized carbons (Fsp3) is 0.632. The molecule has 2 aliphatic rings. The Morgan fingerprint density at radius 3 is 2.64 bits per heavy atom. The highest BCUT2D eigenvalue weighted by atomic mass is 16.5. The standard InChI is InChI=1S/C19H28N2O4/c1-20(8-9-21-7-4-3-6-19(21)22)14-15-12-17-18(13-16(15)23-2)25-11-5-10-24-17/h12-13H,3-11,14H2,1-2H3. The number of fused-ring (bicyclic) bond motifs is 1. The molecule has 0 saturated carbocycles. The van der Waals surface area contributed by atoms with Gasteiger partial charge in [-0.15, -0.1) is 0 Å². The number of amides is 1. The molecule has 0 N–H and O–H groups in total. The highest BCUT2D eigenvalue weighted by Gasteiger charge is 2.19. The fourth-order valence-electron chi connectivity index (χ4n) is 3.31. The lowest BCUT2D eigenvalue weighted by molar-refractivity contribution is -0.133. The van der Waals surface area contributed by atoms with Crippen molar-refractivity contribution in [1.29, 1.82) is 0 Å². The third-order valence-corrected chi connectivity index (χ3v) is 4.76. The summed E-state index contributed by atoms with van der Waals surface area (Å²) in [6, 6.07) is 3.93. The molecule has 0 unspecified atom stereocenters. The number of hydrogen-bond acceptors (Lipinski definition) is 5. The van der Waals surface area contributed by atoms with Crippen LogP contribution in [0.2, 0.25) is 0 Å². The summed E-state index contributed by atoms with van der Waals surface area (Å²) in [6.45, 7) is 4.58. The van der Waals surface area contributed by atoms with Gasteiger partial charge in [0.05, 0.1) is 20.3 Å². The quantitative estimate of drug-likeness (QED) is 0.790. The summed E-state index contributed by atoms with van der Waals surface area (Å²) in [7, 11) is 3.74. The Hall–Kier alpha value is -1.95. The third kappa shape index (κ3) is 4.57. The van der Waals surface area contributed by atoms with E-state index in [0.29, 0.717) is 19.6 Å². The minimum atomic E-state index is 0.285. The number of carbonyl (C=O) groups excluding carboxylic acids is 1. The molecule has 1 fully saturated rings. The molecule has 0 bridgehead atoms. The first kappa shape index (κ1) is 17.9. The van der Waals surface area contributed by atoms with Crippen molar-refractivity contribution in [2.24, 2.45) is 0 Å². The van der Waals surface area contributed by atoms with Crippen LogP contribution in [0.15, 0.2) is 12.1 Å². The van der Waals surface area contributed by atoms with Gasteiger partial charge < -0.3 is 24.0 Å². The van der Waals surface area contributed by atoms with Gasteiger partial charge in [0.25, 0.3) is 0 Å². The van der Waals surface area contributed by atoms with E-state index in [1.807, 2.05) is 17.0 Å². The zero-order valence-corrected chi connectivity index (χ0v) is 15.3. The highest BCUT2D eigenvalue weighted by molar-refractivity contribution is 5.76. The van der Waals surface area contributed by atoms with Crippen molar-refractivity contribution in [2.45, 2.75) is 32.2 Å². The van der Waals surface area contributed by atoms with Gasteiger partial charge in [0.1, 0.15) is 5.75 Å². The number of rotatable bonds is 6. The predicted molar refractivity (Wildman–Crippen MR) is 95.4 cm³/mol. The van der Waals surface area contributed by atoms with Crippen molar-refractivity contribution in [3.8, 4) is 17.2 Å². The summed E-state index contributed by atoms with van der Waals surface area (Å²) >= 11 is 0. The molecule has 0 spiro atoms. The molecular weight excluding hydrogens is 320 g/mol. The maximum Gasteiger partial charge on any atom is 0.222 e. The van der Waals surface area contributed by atoms with Gasteiger partial charge in [0.15, 0.2) is 11.5 Å². The molecule has 1 saturated heterocycles. The Kier molecular flexibility index (Phi) is 6.02. The molecule has 6 heteroatoms. The van der Waals surface area contributed by atoms with E-state index in [-0.39, 0.29) is 5.91 Å². The number of piperidine rings is 1. The van der Waals surface area contributed by atoms with Crippen LogP contribution in [-0.4, -0.2) is 62.7 Å². The summed E-state index contributed by atoms with van der Waals surface area (Å²) in [5.74, 6) is 2.63. The van der Waals surface area contributed by atoms with Crippen LogP contribution in [0.4, 0.5) is 0 Å². The van der Waals surface area contributed by atoms with Crippen LogP contribution in [0.25, 0.3) is 0 Å². The summed E-state index contributed by atoms with van der Waals surface area (Å²) in [6.07, 6.45) is 3.72. The number of methoxy groups -OCH3 is 1. The number of benzene rings is 1. The van der Waals surface area contributed by atoms with Crippen molar-refractivity contribution < 1.29 is 19.0 Å².